The highest BCUT2D eigenvalue weighted by molar-refractivity contribution is 6.00. The van der Waals surface area contributed by atoms with Crippen molar-refractivity contribution in [1.29, 1.82) is 0 Å². The summed E-state index contributed by atoms with van der Waals surface area (Å²) < 4.78 is 11.1. The van der Waals surface area contributed by atoms with Gasteiger partial charge in [-0.3, -0.25) is 14.4 Å². The number of nitrogens with one attached hydrogen (secondary N) is 3. The van der Waals surface area contributed by atoms with Crippen LogP contribution in [-0.4, -0.2) is 43.1 Å². The van der Waals surface area contributed by atoms with E-state index in [2.05, 4.69) is 21.2 Å². The molecule has 218 valence electrons. The smallest absolute Gasteiger partial charge is 0.287 e. The minimum atomic E-state index is -0.820. The average Bonchev–Trinajstić information content (AvgIpc) is 3.45. The topological polar surface area (TPSA) is 122 Å². The molecule has 1 aromatic heterocycles. The summed E-state index contributed by atoms with van der Waals surface area (Å²) in [5.41, 5.74) is 4.56. The zero-order valence-electron chi connectivity index (χ0n) is 24.0. The minimum Gasteiger partial charge on any atom is -0.493 e. The second-order valence-corrected chi connectivity index (χ2v) is 10.4. The number of nitrogens with zero attached hydrogens (tertiary/aromatic N) is 1. The zero-order chi connectivity index (χ0) is 29.9. The molecule has 0 aliphatic carbocycles. The second-order valence-electron chi connectivity index (χ2n) is 10.4. The quantitative estimate of drug-likeness (QED) is 0.153. The van der Waals surface area contributed by atoms with Crippen molar-refractivity contribution in [3.63, 3.8) is 0 Å². The van der Waals surface area contributed by atoms with Gasteiger partial charge in [-0.15, -0.1) is 0 Å². The van der Waals surface area contributed by atoms with E-state index in [9.17, 15) is 14.4 Å². The number of hydrogen-bond acceptors (Lipinski definition) is 6. The first-order valence-electron chi connectivity index (χ1n) is 13.9. The van der Waals surface area contributed by atoms with Gasteiger partial charge in [-0.25, -0.2) is 5.43 Å². The summed E-state index contributed by atoms with van der Waals surface area (Å²) in [7, 11) is 1.53. The molecule has 2 atom stereocenters. The van der Waals surface area contributed by atoms with Crippen molar-refractivity contribution < 1.29 is 23.5 Å². The molecule has 1 unspecified atom stereocenters. The van der Waals surface area contributed by atoms with Crippen LogP contribution in [0.3, 0.4) is 0 Å². The molecule has 0 radical (unpaired) electrons. The van der Waals surface area contributed by atoms with Crippen LogP contribution >= 0.6 is 0 Å². The fraction of sp³-hybridized carbons (Fsp3) is 0.273. The Kier molecular flexibility index (Phi) is 10.5. The number of hydrazone groups is 1. The normalized spacial score (nSPS) is 12.7. The maximum absolute atomic E-state index is 13.5. The van der Waals surface area contributed by atoms with Crippen LogP contribution in [0.5, 0.6) is 5.75 Å². The first-order valence-corrected chi connectivity index (χ1v) is 13.9. The molecule has 0 bridgehead atoms. The predicted molar refractivity (Wildman–Crippen MR) is 163 cm³/mol. The number of carbonyl (C=O) groups excluding carboxylic acids is 3. The van der Waals surface area contributed by atoms with Crippen molar-refractivity contribution in [3.8, 4) is 5.75 Å². The van der Waals surface area contributed by atoms with Crippen molar-refractivity contribution in [2.45, 2.75) is 45.2 Å². The molecule has 0 saturated heterocycles. The van der Waals surface area contributed by atoms with Crippen LogP contribution in [0.1, 0.15) is 53.2 Å². The zero-order valence-corrected chi connectivity index (χ0v) is 24.0. The van der Waals surface area contributed by atoms with E-state index in [0.717, 1.165) is 10.9 Å². The van der Waals surface area contributed by atoms with Gasteiger partial charge >= 0.3 is 0 Å². The van der Waals surface area contributed by atoms with Crippen molar-refractivity contribution in [1.82, 2.24) is 16.1 Å². The molecular formula is C33H36N4O5. The molecule has 4 rings (SSSR count). The highest BCUT2D eigenvalue weighted by atomic mass is 16.5. The van der Waals surface area contributed by atoms with Gasteiger partial charge in [0.2, 0.25) is 5.91 Å². The summed E-state index contributed by atoms with van der Waals surface area (Å²) in [6, 6.07) is 24.3. The Balaban J connectivity index is 1.47. The van der Waals surface area contributed by atoms with E-state index in [1.54, 1.807) is 36.4 Å². The van der Waals surface area contributed by atoms with Crippen LogP contribution in [0.25, 0.3) is 11.0 Å². The molecule has 9 nitrogen and oxygen atoms in total. The SMILES string of the molecule is COc1cccc2cc(C(=O)N[C@@H](CC(C)C)C(=O)NC(/C=N/NC(=O)c3ccccc3)CCc3ccccc3)oc12. The second kappa shape index (κ2) is 14.6. The Morgan fingerprint density at radius 3 is 2.31 bits per heavy atom. The highest BCUT2D eigenvalue weighted by Crippen LogP contribution is 2.28. The van der Waals surface area contributed by atoms with Crippen LogP contribution in [0, 0.1) is 5.92 Å². The van der Waals surface area contributed by atoms with Crippen LogP contribution in [0.4, 0.5) is 0 Å². The maximum Gasteiger partial charge on any atom is 0.287 e. The van der Waals surface area contributed by atoms with E-state index in [1.165, 1.54) is 13.3 Å². The molecule has 3 N–H and O–H groups in total. The molecule has 3 aromatic carbocycles. The number of carbonyl (C=O) groups is 3. The van der Waals surface area contributed by atoms with Gasteiger partial charge < -0.3 is 19.8 Å². The van der Waals surface area contributed by atoms with Crippen molar-refractivity contribution >= 4 is 34.9 Å². The first kappa shape index (κ1) is 30.0. The minimum absolute atomic E-state index is 0.0851. The van der Waals surface area contributed by atoms with Crippen LogP contribution in [-0.2, 0) is 11.2 Å². The van der Waals surface area contributed by atoms with Gasteiger partial charge in [0.15, 0.2) is 17.1 Å². The number of furan rings is 1. The third-order valence-electron chi connectivity index (χ3n) is 6.65. The van der Waals surface area contributed by atoms with E-state index in [1.807, 2.05) is 62.4 Å². The Morgan fingerprint density at radius 1 is 0.905 bits per heavy atom. The predicted octanol–water partition coefficient (Wildman–Crippen LogP) is 5.12. The number of para-hydroxylation sites is 1. The number of methoxy groups -OCH3 is 1. The summed E-state index contributed by atoms with van der Waals surface area (Å²) in [6.45, 7) is 3.96. The van der Waals surface area contributed by atoms with Gasteiger partial charge in [-0.2, -0.15) is 5.10 Å². The molecule has 0 spiro atoms. The molecule has 42 heavy (non-hydrogen) atoms. The Labute approximate surface area is 245 Å². The van der Waals surface area contributed by atoms with Crippen molar-refractivity contribution in [3.05, 3.63) is 102 Å². The molecule has 0 fully saturated rings. The summed E-state index contributed by atoms with van der Waals surface area (Å²) >= 11 is 0. The average molecular weight is 569 g/mol. The fourth-order valence-corrected chi connectivity index (χ4v) is 4.52. The number of aryl methyl sites for hydroxylation is 1. The number of ether oxygens (including phenoxy) is 1. The number of benzene rings is 3. The van der Waals surface area contributed by atoms with Crippen molar-refractivity contribution in [2.24, 2.45) is 11.0 Å². The highest BCUT2D eigenvalue weighted by Gasteiger charge is 2.26. The lowest BCUT2D eigenvalue weighted by molar-refractivity contribution is -0.123. The molecule has 9 heteroatoms. The fourth-order valence-electron chi connectivity index (χ4n) is 4.52. The lowest BCUT2D eigenvalue weighted by Gasteiger charge is -2.22. The summed E-state index contributed by atoms with van der Waals surface area (Å²) in [4.78, 5) is 39.2. The van der Waals surface area contributed by atoms with Crippen LogP contribution in [0.2, 0.25) is 0 Å². The van der Waals surface area contributed by atoms with E-state index < -0.39 is 18.0 Å². The standard InChI is InChI=1S/C33H36N4O5/c1-22(2)19-27(36-33(40)29-20-25-15-10-16-28(41-3)30(25)42-29)32(39)35-26(18-17-23-11-6-4-7-12-23)21-34-37-31(38)24-13-8-5-9-14-24/h4-16,20-22,26-27H,17-19H2,1-3H3,(H,35,39)(H,36,40)(H,37,38)/b34-21+/t26?,27-/m0/s1. The maximum atomic E-state index is 13.5. The monoisotopic (exact) mass is 568 g/mol. The lowest BCUT2D eigenvalue weighted by Crippen LogP contribution is -2.50. The summed E-state index contributed by atoms with van der Waals surface area (Å²) in [6.07, 6.45) is 3.13. The summed E-state index contributed by atoms with van der Waals surface area (Å²) in [5.74, 6) is -0.487. The Bertz CT molecular complexity index is 1520. The Morgan fingerprint density at radius 2 is 1.62 bits per heavy atom. The van der Waals surface area contributed by atoms with Gasteiger partial charge in [0.1, 0.15) is 6.04 Å². The number of amides is 3. The molecular weight excluding hydrogens is 532 g/mol. The van der Waals surface area contributed by atoms with Gasteiger partial charge in [-0.1, -0.05) is 74.5 Å². The summed E-state index contributed by atoms with van der Waals surface area (Å²) in [5, 5.41) is 10.7. The van der Waals surface area contributed by atoms with Gasteiger partial charge in [-0.05, 0) is 55.0 Å². The molecule has 1 heterocycles. The van der Waals surface area contributed by atoms with Crippen LogP contribution < -0.4 is 20.8 Å². The van der Waals surface area contributed by atoms with E-state index in [-0.39, 0.29) is 23.5 Å². The lowest BCUT2D eigenvalue weighted by atomic mass is 10.0. The first-order chi connectivity index (χ1) is 20.3. The third kappa shape index (κ3) is 8.30. The Hall–Kier alpha value is -4.92. The molecule has 3 amide bonds. The van der Waals surface area contributed by atoms with Crippen molar-refractivity contribution in [2.75, 3.05) is 7.11 Å². The largest absolute Gasteiger partial charge is 0.493 e. The van der Waals surface area contributed by atoms with Gasteiger partial charge in [0.25, 0.3) is 11.8 Å². The van der Waals surface area contributed by atoms with Crippen LogP contribution in [0.15, 0.2) is 94.4 Å². The number of fused-ring (bicyclic) bond motifs is 1. The van der Waals surface area contributed by atoms with E-state index >= 15 is 0 Å². The third-order valence-corrected chi connectivity index (χ3v) is 6.65. The number of rotatable bonds is 13. The molecule has 4 aromatic rings. The molecule has 0 aliphatic heterocycles. The van der Waals surface area contributed by atoms with E-state index in [0.29, 0.717) is 36.2 Å². The van der Waals surface area contributed by atoms with Gasteiger partial charge in [0.05, 0.1) is 13.2 Å². The van der Waals surface area contributed by atoms with E-state index in [4.69, 9.17) is 9.15 Å². The number of hydrogen-bond donors (Lipinski definition) is 3. The molecule has 0 aliphatic rings. The molecule has 0 saturated carbocycles. The van der Waals surface area contributed by atoms with Gasteiger partial charge in [0, 0.05) is 17.2 Å².